The molecule has 0 aromatic carbocycles. The van der Waals surface area contributed by atoms with Crippen LogP contribution in [0.4, 0.5) is 0 Å². The number of nitrogens with zero attached hydrogens (tertiary/aromatic N) is 2. The van der Waals surface area contributed by atoms with E-state index in [1.807, 2.05) is 6.20 Å². The van der Waals surface area contributed by atoms with Crippen molar-refractivity contribution in [3.63, 3.8) is 0 Å². The lowest BCUT2D eigenvalue weighted by molar-refractivity contribution is 0.462. The van der Waals surface area contributed by atoms with Crippen molar-refractivity contribution in [2.24, 2.45) is 0 Å². The zero-order chi connectivity index (χ0) is 12.8. The number of nitrogens with one attached hydrogen (secondary N) is 1. The van der Waals surface area contributed by atoms with Gasteiger partial charge in [0.2, 0.25) is 0 Å². The fourth-order valence-electron chi connectivity index (χ4n) is 2.33. The van der Waals surface area contributed by atoms with Crippen LogP contribution in [0.3, 0.4) is 0 Å². The Morgan fingerprint density at radius 2 is 2.12 bits per heavy atom. The smallest absolute Gasteiger partial charge is 0.0635 e. The molecular weight excluding hydrogens is 278 g/mol. The summed E-state index contributed by atoms with van der Waals surface area (Å²) in [5.41, 5.74) is 1.33. The van der Waals surface area contributed by atoms with Crippen molar-refractivity contribution in [2.75, 3.05) is 6.54 Å². The summed E-state index contributed by atoms with van der Waals surface area (Å²) < 4.78 is 3.27. The molecule has 0 aliphatic carbocycles. The maximum Gasteiger partial charge on any atom is 0.0635 e. The molecule has 0 saturated carbocycles. The molecule has 0 saturated heterocycles. The van der Waals surface area contributed by atoms with Crippen LogP contribution < -0.4 is 5.32 Å². The molecule has 0 spiro atoms. The topological polar surface area (TPSA) is 29.9 Å². The van der Waals surface area contributed by atoms with Crippen LogP contribution in [0.5, 0.6) is 0 Å². The SMILES string of the molecule is CCCn1ncc(Br)c1C(C)CC(C)NCC. The molecule has 17 heavy (non-hydrogen) atoms. The highest BCUT2D eigenvalue weighted by Crippen LogP contribution is 2.28. The minimum absolute atomic E-state index is 0.521. The fourth-order valence-corrected chi connectivity index (χ4v) is 3.01. The molecule has 0 amide bonds. The molecule has 0 aliphatic rings. The predicted molar refractivity (Wildman–Crippen MR) is 76.4 cm³/mol. The fraction of sp³-hybridized carbons (Fsp3) is 0.769. The van der Waals surface area contributed by atoms with E-state index >= 15 is 0 Å². The average Bonchev–Trinajstić information content (AvgIpc) is 2.60. The minimum Gasteiger partial charge on any atom is -0.315 e. The first-order chi connectivity index (χ1) is 8.10. The molecule has 0 radical (unpaired) electrons. The summed E-state index contributed by atoms with van der Waals surface area (Å²) in [6.45, 7) is 10.9. The van der Waals surface area contributed by atoms with Crippen LogP contribution in [0.2, 0.25) is 0 Å². The van der Waals surface area contributed by atoms with Crippen LogP contribution in [0, 0.1) is 0 Å². The van der Waals surface area contributed by atoms with Gasteiger partial charge in [-0.1, -0.05) is 20.8 Å². The van der Waals surface area contributed by atoms with Gasteiger partial charge in [0.05, 0.1) is 16.4 Å². The summed E-state index contributed by atoms with van der Waals surface area (Å²) in [5, 5.41) is 7.89. The van der Waals surface area contributed by atoms with Gasteiger partial charge < -0.3 is 5.32 Å². The van der Waals surface area contributed by atoms with Crippen molar-refractivity contribution >= 4 is 15.9 Å². The van der Waals surface area contributed by atoms with E-state index in [2.05, 4.69) is 58.7 Å². The van der Waals surface area contributed by atoms with E-state index < -0.39 is 0 Å². The molecule has 1 N–H and O–H groups in total. The third kappa shape index (κ3) is 4.11. The highest BCUT2D eigenvalue weighted by molar-refractivity contribution is 9.10. The molecule has 1 rings (SSSR count). The first kappa shape index (κ1) is 14.7. The van der Waals surface area contributed by atoms with Crippen LogP contribution in [-0.4, -0.2) is 22.4 Å². The molecule has 3 nitrogen and oxygen atoms in total. The van der Waals surface area contributed by atoms with E-state index in [0.717, 1.165) is 30.4 Å². The van der Waals surface area contributed by atoms with Crippen molar-refractivity contribution in [1.29, 1.82) is 0 Å². The Morgan fingerprint density at radius 3 is 2.71 bits per heavy atom. The predicted octanol–water partition coefficient (Wildman–Crippen LogP) is 3.55. The van der Waals surface area contributed by atoms with Gasteiger partial charge in [-0.3, -0.25) is 4.68 Å². The highest BCUT2D eigenvalue weighted by Gasteiger charge is 2.17. The van der Waals surface area contributed by atoms with Crippen LogP contribution in [0.25, 0.3) is 0 Å². The molecule has 1 aromatic heterocycles. The number of rotatable bonds is 7. The van der Waals surface area contributed by atoms with E-state index in [-0.39, 0.29) is 0 Å². The second kappa shape index (κ2) is 7.17. The zero-order valence-corrected chi connectivity index (χ0v) is 12.9. The van der Waals surface area contributed by atoms with E-state index in [4.69, 9.17) is 0 Å². The summed E-state index contributed by atoms with van der Waals surface area (Å²) in [4.78, 5) is 0. The van der Waals surface area contributed by atoms with E-state index in [1.165, 1.54) is 5.69 Å². The van der Waals surface area contributed by atoms with Gasteiger partial charge >= 0.3 is 0 Å². The summed E-state index contributed by atoms with van der Waals surface area (Å²) in [6.07, 6.45) is 4.18. The Bertz CT molecular complexity index is 335. The summed E-state index contributed by atoms with van der Waals surface area (Å²) in [6, 6.07) is 0.548. The second-order valence-corrected chi connectivity index (χ2v) is 5.55. The molecular formula is C13H24BrN3. The van der Waals surface area contributed by atoms with E-state index in [9.17, 15) is 0 Å². The van der Waals surface area contributed by atoms with Crippen molar-refractivity contribution in [3.05, 3.63) is 16.4 Å². The van der Waals surface area contributed by atoms with Gasteiger partial charge in [0.1, 0.15) is 0 Å². The van der Waals surface area contributed by atoms with Crippen molar-refractivity contribution < 1.29 is 0 Å². The average molecular weight is 302 g/mol. The number of aromatic nitrogens is 2. The molecule has 4 heteroatoms. The minimum atomic E-state index is 0.521. The first-order valence-electron chi connectivity index (χ1n) is 6.54. The maximum absolute atomic E-state index is 4.43. The third-order valence-electron chi connectivity index (χ3n) is 3.00. The standard InChI is InChI=1S/C13H24BrN3/c1-5-7-17-13(12(14)9-16-17)10(3)8-11(4)15-6-2/h9-11,15H,5-8H2,1-4H3. The number of halogens is 1. The number of hydrogen-bond donors (Lipinski definition) is 1. The molecule has 0 aliphatic heterocycles. The summed E-state index contributed by atoms with van der Waals surface area (Å²) in [7, 11) is 0. The van der Waals surface area contributed by atoms with Gasteiger partial charge in [-0.05, 0) is 42.2 Å². The van der Waals surface area contributed by atoms with Gasteiger partial charge in [-0.15, -0.1) is 0 Å². The molecule has 98 valence electrons. The molecule has 2 atom stereocenters. The lowest BCUT2D eigenvalue weighted by atomic mass is 9.99. The highest BCUT2D eigenvalue weighted by atomic mass is 79.9. The quantitative estimate of drug-likeness (QED) is 0.835. The zero-order valence-electron chi connectivity index (χ0n) is 11.3. The summed E-state index contributed by atoms with van der Waals surface area (Å²) in [5.74, 6) is 0.521. The lowest BCUT2D eigenvalue weighted by Crippen LogP contribution is -2.27. The van der Waals surface area contributed by atoms with Crippen molar-refractivity contribution in [2.45, 2.75) is 59.0 Å². The van der Waals surface area contributed by atoms with Gasteiger partial charge in [0.25, 0.3) is 0 Å². The Kier molecular flexibility index (Phi) is 6.20. The lowest BCUT2D eigenvalue weighted by Gasteiger charge is -2.19. The first-order valence-corrected chi connectivity index (χ1v) is 7.34. The monoisotopic (exact) mass is 301 g/mol. The Hall–Kier alpha value is -0.350. The molecule has 2 unspecified atom stereocenters. The van der Waals surface area contributed by atoms with Crippen LogP contribution >= 0.6 is 15.9 Å². The van der Waals surface area contributed by atoms with Crippen molar-refractivity contribution in [1.82, 2.24) is 15.1 Å². The van der Waals surface area contributed by atoms with Crippen LogP contribution in [0.15, 0.2) is 10.7 Å². The van der Waals surface area contributed by atoms with Crippen LogP contribution in [0.1, 0.15) is 52.1 Å². The molecule has 0 fully saturated rings. The number of hydrogen-bond acceptors (Lipinski definition) is 2. The Balaban J connectivity index is 2.73. The molecule has 1 heterocycles. The molecule has 0 bridgehead atoms. The number of aryl methyl sites for hydroxylation is 1. The normalized spacial score (nSPS) is 14.9. The van der Waals surface area contributed by atoms with Gasteiger partial charge in [0, 0.05) is 18.5 Å². The van der Waals surface area contributed by atoms with Gasteiger partial charge in [-0.25, -0.2) is 0 Å². The van der Waals surface area contributed by atoms with Crippen LogP contribution in [-0.2, 0) is 6.54 Å². The van der Waals surface area contributed by atoms with E-state index in [0.29, 0.717) is 12.0 Å². The van der Waals surface area contributed by atoms with E-state index in [1.54, 1.807) is 0 Å². The largest absolute Gasteiger partial charge is 0.315 e. The molecule has 1 aromatic rings. The van der Waals surface area contributed by atoms with Crippen molar-refractivity contribution in [3.8, 4) is 0 Å². The van der Waals surface area contributed by atoms with Gasteiger partial charge in [-0.2, -0.15) is 5.10 Å². The maximum atomic E-state index is 4.43. The summed E-state index contributed by atoms with van der Waals surface area (Å²) >= 11 is 3.61. The Morgan fingerprint density at radius 1 is 1.41 bits per heavy atom. The second-order valence-electron chi connectivity index (χ2n) is 4.70. The Labute approximate surface area is 113 Å². The van der Waals surface area contributed by atoms with Gasteiger partial charge in [0.15, 0.2) is 0 Å². The third-order valence-corrected chi connectivity index (χ3v) is 3.61.